The molecule has 0 aliphatic rings. The Morgan fingerprint density at radius 3 is 2.94 bits per heavy atom. The largest absolute Gasteiger partial charge is 0.508 e. The quantitative estimate of drug-likeness (QED) is 0.651. The first kappa shape index (κ1) is 11.3. The van der Waals surface area contributed by atoms with Crippen LogP contribution in [-0.4, -0.2) is 12.2 Å². The number of hydrogen-bond donors (Lipinski definition) is 1. The SMILES string of the molecule is C=CCc1c(O)ccc2cc(OC)c(=O)oc12. The summed E-state index contributed by atoms with van der Waals surface area (Å²) in [5.41, 5.74) is 0.365. The van der Waals surface area contributed by atoms with Gasteiger partial charge in [0.1, 0.15) is 11.3 Å². The number of hydrogen-bond acceptors (Lipinski definition) is 4. The molecular weight excluding hydrogens is 220 g/mol. The number of phenols is 1. The molecule has 2 aromatic rings. The zero-order valence-corrected chi connectivity index (χ0v) is 9.40. The van der Waals surface area contributed by atoms with Crippen molar-refractivity contribution < 1.29 is 14.3 Å². The van der Waals surface area contributed by atoms with Crippen molar-refractivity contribution in [2.75, 3.05) is 7.11 Å². The van der Waals surface area contributed by atoms with Crippen molar-refractivity contribution >= 4 is 11.0 Å². The van der Waals surface area contributed by atoms with Gasteiger partial charge in [0.2, 0.25) is 5.75 Å². The van der Waals surface area contributed by atoms with Gasteiger partial charge >= 0.3 is 5.63 Å². The molecule has 1 heterocycles. The Morgan fingerprint density at radius 2 is 2.29 bits per heavy atom. The lowest BCUT2D eigenvalue weighted by atomic mass is 10.1. The lowest BCUT2D eigenvalue weighted by molar-refractivity contribution is 0.384. The summed E-state index contributed by atoms with van der Waals surface area (Å²) in [5, 5.41) is 10.4. The molecule has 88 valence electrons. The molecule has 0 aliphatic heterocycles. The molecule has 0 fully saturated rings. The van der Waals surface area contributed by atoms with Crippen LogP contribution in [0.1, 0.15) is 5.56 Å². The first-order chi connectivity index (χ1) is 8.17. The van der Waals surface area contributed by atoms with Crippen LogP contribution in [0.5, 0.6) is 11.5 Å². The van der Waals surface area contributed by atoms with Gasteiger partial charge in [-0.2, -0.15) is 0 Å². The summed E-state index contributed by atoms with van der Waals surface area (Å²) >= 11 is 0. The van der Waals surface area contributed by atoms with E-state index in [1.165, 1.54) is 7.11 Å². The molecule has 17 heavy (non-hydrogen) atoms. The van der Waals surface area contributed by atoms with Crippen LogP contribution in [0.25, 0.3) is 11.0 Å². The topological polar surface area (TPSA) is 59.7 Å². The molecule has 0 atom stereocenters. The molecule has 0 unspecified atom stereocenters. The van der Waals surface area contributed by atoms with Crippen LogP contribution in [-0.2, 0) is 6.42 Å². The van der Waals surface area contributed by atoms with E-state index in [4.69, 9.17) is 9.15 Å². The summed E-state index contributed by atoms with van der Waals surface area (Å²) in [5.74, 6) is 0.235. The third-order valence-corrected chi connectivity index (χ3v) is 2.52. The standard InChI is InChI=1S/C13H12O4/c1-3-4-9-10(14)6-5-8-7-11(16-2)13(15)17-12(8)9/h3,5-7,14H,1,4H2,2H3. The first-order valence-corrected chi connectivity index (χ1v) is 5.11. The smallest absolute Gasteiger partial charge is 0.379 e. The number of allylic oxidation sites excluding steroid dienone is 1. The fourth-order valence-corrected chi connectivity index (χ4v) is 1.70. The highest BCUT2D eigenvalue weighted by Crippen LogP contribution is 2.28. The van der Waals surface area contributed by atoms with Gasteiger partial charge in [-0.25, -0.2) is 4.79 Å². The van der Waals surface area contributed by atoms with Gasteiger partial charge in [-0.3, -0.25) is 0 Å². The molecule has 0 saturated carbocycles. The highest BCUT2D eigenvalue weighted by Gasteiger charge is 2.11. The van der Waals surface area contributed by atoms with E-state index < -0.39 is 5.63 Å². The van der Waals surface area contributed by atoms with Crippen molar-refractivity contribution in [1.82, 2.24) is 0 Å². The molecule has 4 nitrogen and oxygen atoms in total. The van der Waals surface area contributed by atoms with Gasteiger partial charge < -0.3 is 14.3 Å². The Morgan fingerprint density at radius 1 is 1.53 bits per heavy atom. The lowest BCUT2D eigenvalue weighted by Gasteiger charge is -2.06. The fourth-order valence-electron chi connectivity index (χ4n) is 1.70. The van der Waals surface area contributed by atoms with Crippen molar-refractivity contribution in [3.63, 3.8) is 0 Å². The second-order valence-corrected chi connectivity index (χ2v) is 3.58. The van der Waals surface area contributed by atoms with Crippen molar-refractivity contribution in [2.45, 2.75) is 6.42 Å². The molecular formula is C13H12O4. The molecule has 0 radical (unpaired) electrons. The third kappa shape index (κ3) is 1.89. The molecule has 0 spiro atoms. The predicted octanol–water partition coefficient (Wildman–Crippen LogP) is 2.24. The van der Waals surface area contributed by atoms with Crippen molar-refractivity contribution in [1.29, 1.82) is 0 Å². The van der Waals surface area contributed by atoms with Crippen LogP contribution in [0.4, 0.5) is 0 Å². The van der Waals surface area contributed by atoms with Crippen LogP contribution in [0.3, 0.4) is 0 Å². The minimum atomic E-state index is -0.559. The van der Waals surface area contributed by atoms with Gasteiger partial charge in [-0.15, -0.1) is 6.58 Å². The molecule has 0 bridgehead atoms. The molecule has 1 aromatic carbocycles. The van der Waals surface area contributed by atoms with E-state index in [0.717, 1.165) is 0 Å². The van der Waals surface area contributed by atoms with E-state index in [-0.39, 0.29) is 11.5 Å². The molecule has 0 amide bonds. The number of ether oxygens (including phenoxy) is 1. The third-order valence-electron chi connectivity index (χ3n) is 2.52. The molecule has 0 aliphatic carbocycles. The monoisotopic (exact) mass is 232 g/mol. The van der Waals surface area contributed by atoms with Gasteiger partial charge in [-0.05, 0) is 24.6 Å². The number of phenolic OH excluding ortho intramolecular Hbond substituents is 1. The summed E-state index contributed by atoms with van der Waals surface area (Å²) < 4.78 is 10.1. The Balaban J connectivity index is 2.80. The van der Waals surface area contributed by atoms with Crippen LogP contribution < -0.4 is 10.4 Å². The predicted molar refractivity (Wildman–Crippen MR) is 64.6 cm³/mol. The summed E-state index contributed by atoms with van der Waals surface area (Å²) in [4.78, 5) is 11.5. The molecule has 4 heteroatoms. The second kappa shape index (κ2) is 4.33. The van der Waals surface area contributed by atoms with Crippen molar-refractivity contribution in [2.24, 2.45) is 0 Å². The van der Waals surface area contributed by atoms with Crippen molar-refractivity contribution in [3.8, 4) is 11.5 Å². The second-order valence-electron chi connectivity index (χ2n) is 3.58. The fraction of sp³-hybridized carbons (Fsp3) is 0.154. The number of rotatable bonds is 3. The Kier molecular flexibility index (Phi) is 2.87. The van der Waals surface area contributed by atoms with E-state index >= 15 is 0 Å². The summed E-state index contributed by atoms with van der Waals surface area (Å²) in [6, 6.07) is 4.82. The zero-order chi connectivity index (χ0) is 12.4. The van der Waals surface area contributed by atoms with Crippen LogP contribution in [0.15, 0.2) is 40.1 Å². The highest BCUT2D eigenvalue weighted by molar-refractivity contribution is 5.83. The van der Waals surface area contributed by atoms with Crippen molar-refractivity contribution in [3.05, 3.63) is 46.8 Å². The number of methoxy groups -OCH3 is 1. The van der Waals surface area contributed by atoms with Crippen LogP contribution in [0, 0.1) is 0 Å². The van der Waals surface area contributed by atoms with Gasteiger partial charge in [-0.1, -0.05) is 6.08 Å². The lowest BCUT2D eigenvalue weighted by Crippen LogP contribution is -2.04. The molecule has 0 saturated heterocycles. The molecule has 1 N–H and O–H groups in total. The van der Waals surface area contributed by atoms with E-state index in [1.807, 2.05) is 0 Å². The van der Waals surface area contributed by atoms with Gasteiger partial charge in [0.15, 0.2) is 0 Å². The number of fused-ring (bicyclic) bond motifs is 1. The highest BCUT2D eigenvalue weighted by atomic mass is 16.5. The minimum Gasteiger partial charge on any atom is -0.508 e. The maximum atomic E-state index is 11.5. The molecule has 1 aromatic heterocycles. The molecule has 2 rings (SSSR count). The minimum absolute atomic E-state index is 0.0886. The van der Waals surface area contributed by atoms with E-state index in [2.05, 4.69) is 6.58 Å². The average molecular weight is 232 g/mol. The summed E-state index contributed by atoms with van der Waals surface area (Å²) in [6.45, 7) is 3.60. The summed E-state index contributed by atoms with van der Waals surface area (Å²) in [6.07, 6.45) is 2.07. The average Bonchev–Trinajstić information content (AvgIpc) is 2.33. The number of aromatic hydroxyl groups is 1. The van der Waals surface area contributed by atoms with Gasteiger partial charge in [0.05, 0.1) is 7.11 Å². The number of benzene rings is 1. The first-order valence-electron chi connectivity index (χ1n) is 5.11. The van der Waals surface area contributed by atoms with E-state index in [9.17, 15) is 9.90 Å². The Hall–Kier alpha value is -2.23. The zero-order valence-electron chi connectivity index (χ0n) is 9.40. The van der Waals surface area contributed by atoms with Crippen LogP contribution in [0.2, 0.25) is 0 Å². The van der Waals surface area contributed by atoms with Gasteiger partial charge in [0, 0.05) is 10.9 Å². The van der Waals surface area contributed by atoms with Crippen LogP contribution >= 0.6 is 0 Å². The normalized spacial score (nSPS) is 10.4. The van der Waals surface area contributed by atoms with E-state index in [1.54, 1.807) is 24.3 Å². The van der Waals surface area contributed by atoms with Gasteiger partial charge in [0.25, 0.3) is 0 Å². The Bertz CT molecular complexity index is 625. The maximum Gasteiger partial charge on any atom is 0.379 e. The van der Waals surface area contributed by atoms with E-state index in [0.29, 0.717) is 23.0 Å². The summed E-state index contributed by atoms with van der Waals surface area (Å²) in [7, 11) is 1.41. The Labute approximate surface area is 97.8 Å². The maximum absolute atomic E-state index is 11.5.